The second-order valence-electron chi connectivity index (χ2n) is 11.0. The van der Waals surface area contributed by atoms with Gasteiger partial charge in [0.2, 0.25) is 5.88 Å². The van der Waals surface area contributed by atoms with E-state index in [0.29, 0.717) is 43.4 Å². The van der Waals surface area contributed by atoms with Gasteiger partial charge in [0.05, 0.1) is 23.4 Å². The Kier molecular flexibility index (Phi) is 9.02. The minimum Gasteiger partial charge on any atom is -0.438 e. The number of aliphatic hydroxyl groups excluding tert-OH is 1. The first-order chi connectivity index (χ1) is 21.9. The van der Waals surface area contributed by atoms with Crippen LogP contribution < -0.4 is 15.4 Å². The van der Waals surface area contributed by atoms with Gasteiger partial charge in [-0.3, -0.25) is 14.6 Å². The number of carbonyl (C=O) groups is 2. The lowest BCUT2D eigenvalue weighted by atomic mass is 9.91. The van der Waals surface area contributed by atoms with Crippen LogP contribution in [0.25, 0.3) is 22.2 Å². The van der Waals surface area contributed by atoms with E-state index in [1.165, 1.54) is 6.20 Å². The first-order valence-electron chi connectivity index (χ1n) is 14.9. The van der Waals surface area contributed by atoms with E-state index in [9.17, 15) is 14.0 Å². The van der Waals surface area contributed by atoms with Gasteiger partial charge in [-0.15, -0.1) is 0 Å². The average molecular weight is 606 g/mol. The Labute approximate surface area is 259 Å². The Morgan fingerprint density at radius 3 is 2.24 bits per heavy atom. The molecule has 0 atom stereocenters. The molecule has 5 aromatic rings. The SMILES string of the molecule is O=C(N[C@H]1CC[C@H](NC(=O)c2cc(F)cnc2Oc2cccc(-c3ccc(CCO)cc3)c2)CC1)c1cnc2ccccc2n1. The molecular weight excluding hydrogens is 573 g/mol. The summed E-state index contributed by atoms with van der Waals surface area (Å²) in [7, 11) is 0. The van der Waals surface area contributed by atoms with Crippen molar-refractivity contribution in [3.63, 3.8) is 0 Å². The molecule has 0 aliphatic heterocycles. The van der Waals surface area contributed by atoms with E-state index in [4.69, 9.17) is 9.84 Å². The molecule has 2 aromatic heterocycles. The number of carbonyl (C=O) groups excluding carboxylic acids is 2. The third-order valence-corrected chi connectivity index (χ3v) is 7.88. The maximum absolute atomic E-state index is 14.2. The highest BCUT2D eigenvalue weighted by Crippen LogP contribution is 2.29. The molecule has 3 N–H and O–H groups in total. The number of benzene rings is 3. The molecule has 0 radical (unpaired) electrons. The van der Waals surface area contributed by atoms with E-state index in [-0.39, 0.29) is 41.7 Å². The third kappa shape index (κ3) is 7.30. The largest absolute Gasteiger partial charge is 0.438 e. The van der Waals surface area contributed by atoms with Crippen molar-refractivity contribution in [3.05, 3.63) is 114 Å². The van der Waals surface area contributed by atoms with Gasteiger partial charge in [-0.2, -0.15) is 0 Å². The van der Waals surface area contributed by atoms with E-state index in [0.717, 1.165) is 34.5 Å². The van der Waals surface area contributed by atoms with Crippen LogP contribution in [0.4, 0.5) is 4.39 Å². The number of ether oxygens (including phenoxy) is 1. The summed E-state index contributed by atoms with van der Waals surface area (Å²) in [6, 6.07) is 23.5. The summed E-state index contributed by atoms with van der Waals surface area (Å²) in [5.41, 5.74) is 4.53. The fourth-order valence-electron chi connectivity index (χ4n) is 5.49. The number of aliphatic hydroxyl groups is 1. The van der Waals surface area contributed by atoms with Crippen molar-refractivity contribution in [2.24, 2.45) is 0 Å². The highest BCUT2D eigenvalue weighted by Gasteiger charge is 2.26. The number of amides is 2. The Bertz CT molecular complexity index is 1820. The molecule has 0 saturated heterocycles. The second kappa shape index (κ2) is 13.6. The molecule has 45 heavy (non-hydrogen) atoms. The van der Waals surface area contributed by atoms with Crippen molar-refractivity contribution in [1.29, 1.82) is 0 Å². The molecule has 0 bridgehead atoms. The average Bonchev–Trinajstić information content (AvgIpc) is 3.07. The van der Waals surface area contributed by atoms with Crippen molar-refractivity contribution >= 4 is 22.8 Å². The van der Waals surface area contributed by atoms with Crippen LogP contribution in [0.5, 0.6) is 11.6 Å². The van der Waals surface area contributed by atoms with E-state index < -0.39 is 11.7 Å². The Morgan fingerprint density at radius 2 is 1.51 bits per heavy atom. The number of hydrogen-bond acceptors (Lipinski definition) is 7. The van der Waals surface area contributed by atoms with Crippen LogP contribution in [0.1, 0.15) is 52.1 Å². The topological polar surface area (TPSA) is 126 Å². The highest BCUT2D eigenvalue weighted by molar-refractivity contribution is 5.96. The standard InChI is InChI=1S/C35H32FN5O4/c36-25-19-29(35(38-20-25)45-28-5-3-4-24(18-28)23-10-8-22(9-11-23)16-17-42)33(43)39-26-12-14-27(15-13-26)40-34(44)32-21-37-30-6-1-2-7-31(30)41-32/h1-11,18-21,26-27,42H,12-17H2,(H,39,43)(H,40,44)/t26-,27-. The Hall–Kier alpha value is -5.22. The highest BCUT2D eigenvalue weighted by atomic mass is 19.1. The molecular formula is C35H32FN5O4. The lowest BCUT2D eigenvalue weighted by Crippen LogP contribution is -2.44. The molecule has 0 spiro atoms. The van der Waals surface area contributed by atoms with Crippen molar-refractivity contribution in [2.75, 3.05) is 6.61 Å². The van der Waals surface area contributed by atoms with Gasteiger partial charge in [-0.25, -0.2) is 14.4 Å². The van der Waals surface area contributed by atoms with E-state index in [2.05, 4.69) is 25.6 Å². The number of nitrogens with zero attached hydrogens (tertiary/aromatic N) is 3. The maximum Gasteiger partial charge on any atom is 0.271 e. The monoisotopic (exact) mass is 605 g/mol. The van der Waals surface area contributed by atoms with E-state index in [1.54, 1.807) is 6.07 Å². The number of pyridine rings is 1. The minimum absolute atomic E-state index is 0.000866. The molecule has 1 fully saturated rings. The molecule has 6 rings (SSSR count). The van der Waals surface area contributed by atoms with Gasteiger partial charge in [0.1, 0.15) is 22.8 Å². The fourth-order valence-corrected chi connectivity index (χ4v) is 5.49. The summed E-state index contributed by atoms with van der Waals surface area (Å²) in [6.07, 6.45) is 5.68. The lowest BCUT2D eigenvalue weighted by molar-refractivity contribution is 0.0887. The van der Waals surface area contributed by atoms with Gasteiger partial charge in [0.15, 0.2) is 0 Å². The van der Waals surface area contributed by atoms with Crippen LogP contribution in [0.3, 0.4) is 0 Å². The van der Waals surface area contributed by atoms with Crippen molar-refractivity contribution < 1.29 is 23.8 Å². The van der Waals surface area contributed by atoms with Crippen LogP contribution in [-0.4, -0.2) is 50.6 Å². The van der Waals surface area contributed by atoms with Crippen molar-refractivity contribution in [2.45, 2.75) is 44.2 Å². The molecule has 1 aliphatic rings. The second-order valence-corrected chi connectivity index (χ2v) is 11.0. The number of halogens is 1. The molecule has 1 aliphatic carbocycles. The summed E-state index contributed by atoms with van der Waals surface area (Å²) >= 11 is 0. The molecule has 2 heterocycles. The molecule has 9 nitrogen and oxygen atoms in total. The number of hydrogen-bond donors (Lipinski definition) is 3. The van der Waals surface area contributed by atoms with Gasteiger partial charge < -0.3 is 20.5 Å². The van der Waals surface area contributed by atoms with Crippen LogP contribution in [0.2, 0.25) is 0 Å². The van der Waals surface area contributed by atoms with Crippen LogP contribution >= 0.6 is 0 Å². The van der Waals surface area contributed by atoms with Crippen LogP contribution in [-0.2, 0) is 6.42 Å². The number of aromatic nitrogens is 3. The van der Waals surface area contributed by atoms with Gasteiger partial charge in [0, 0.05) is 18.7 Å². The smallest absolute Gasteiger partial charge is 0.271 e. The van der Waals surface area contributed by atoms with Gasteiger partial charge >= 0.3 is 0 Å². The van der Waals surface area contributed by atoms with Crippen LogP contribution in [0.15, 0.2) is 91.3 Å². The minimum atomic E-state index is -0.646. The van der Waals surface area contributed by atoms with Gasteiger partial charge in [-0.05, 0) is 79.1 Å². The summed E-state index contributed by atoms with van der Waals surface area (Å²) in [4.78, 5) is 38.9. The molecule has 228 valence electrons. The summed E-state index contributed by atoms with van der Waals surface area (Å²) in [5.74, 6) is -0.954. The third-order valence-electron chi connectivity index (χ3n) is 7.88. The zero-order chi connectivity index (χ0) is 31.2. The van der Waals surface area contributed by atoms with Crippen molar-refractivity contribution in [1.82, 2.24) is 25.6 Å². The lowest BCUT2D eigenvalue weighted by Gasteiger charge is -2.29. The van der Waals surface area contributed by atoms with E-state index in [1.807, 2.05) is 66.7 Å². The number of nitrogens with one attached hydrogen (secondary N) is 2. The van der Waals surface area contributed by atoms with Gasteiger partial charge in [0.25, 0.3) is 11.8 Å². The first kappa shape index (κ1) is 29.8. The van der Waals surface area contributed by atoms with Crippen molar-refractivity contribution in [3.8, 4) is 22.8 Å². The number of fused-ring (bicyclic) bond motifs is 1. The zero-order valence-corrected chi connectivity index (χ0v) is 24.4. The first-order valence-corrected chi connectivity index (χ1v) is 14.9. The molecule has 2 amide bonds. The molecule has 10 heteroatoms. The molecule has 3 aromatic carbocycles. The molecule has 1 saturated carbocycles. The Balaban J connectivity index is 1.07. The molecule has 0 unspecified atom stereocenters. The van der Waals surface area contributed by atoms with Crippen LogP contribution in [0, 0.1) is 5.82 Å². The maximum atomic E-state index is 14.2. The summed E-state index contributed by atoms with van der Waals surface area (Å²) in [5, 5.41) is 15.2. The predicted octanol–water partition coefficient (Wildman–Crippen LogP) is 5.63. The number of para-hydroxylation sites is 2. The summed E-state index contributed by atoms with van der Waals surface area (Å²) < 4.78 is 20.2. The predicted molar refractivity (Wildman–Crippen MR) is 167 cm³/mol. The zero-order valence-electron chi connectivity index (χ0n) is 24.4. The Morgan fingerprint density at radius 1 is 0.800 bits per heavy atom. The van der Waals surface area contributed by atoms with E-state index >= 15 is 0 Å². The summed E-state index contributed by atoms with van der Waals surface area (Å²) in [6.45, 7) is 0.0888. The quantitative estimate of drug-likeness (QED) is 0.199. The fraction of sp³-hybridized carbons (Fsp3) is 0.229. The normalized spacial score (nSPS) is 16.2. The number of rotatable bonds is 9. The van der Waals surface area contributed by atoms with Gasteiger partial charge in [-0.1, -0.05) is 48.5 Å².